The molecule has 0 aliphatic rings. The van der Waals surface area contributed by atoms with E-state index in [0.717, 1.165) is 12.8 Å². The molecule has 0 heterocycles. The SMILES string of the molecule is [CH-]=CCCC.[Cl][Mn+]. The summed E-state index contributed by atoms with van der Waals surface area (Å²) in [5, 5.41) is 0. The molecule has 0 amide bonds. The van der Waals surface area contributed by atoms with Crippen LogP contribution in [0.1, 0.15) is 19.8 Å². The van der Waals surface area contributed by atoms with Crippen LogP contribution in [0, 0.1) is 6.58 Å². The molecule has 0 rings (SSSR count). The van der Waals surface area contributed by atoms with E-state index in [1.165, 1.54) is 0 Å². The minimum atomic E-state index is 1.04. The number of halogens is 1. The van der Waals surface area contributed by atoms with Crippen LogP contribution in [0.3, 0.4) is 0 Å². The third-order valence-corrected chi connectivity index (χ3v) is 0.455. The van der Waals surface area contributed by atoms with Crippen LogP contribution in [-0.4, -0.2) is 0 Å². The van der Waals surface area contributed by atoms with Gasteiger partial charge in [0.05, 0.1) is 0 Å². The van der Waals surface area contributed by atoms with Crippen LogP contribution in [0.15, 0.2) is 6.08 Å². The Balaban J connectivity index is 0. The Morgan fingerprint density at radius 3 is 2.14 bits per heavy atom. The zero-order valence-corrected chi connectivity index (χ0v) is 6.26. The Kier molecular flexibility index (Phi) is 24.0. The van der Waals surface area contributed by atoms with Crippen LogP contribution in [0.25, 0.3) is 0 Å². The fraction of sp³-hybridized carbons (Fsp3) is 0.600. The predicted octanol–water partition coefficient (Wildman–Crippen LogP) is 2.46. The van der Waals surface area contributed by atoms with Gasteiger partial charge in [-0.2, -0.15) is 0 Å². The van der Waals surface area contributed by atoms with E-state index in [9.17, 15) is 0 Å². The molecule has 0 aliphatic carbocycles. The van der Waals surface area contributed by atoms with E-state index < -0.39 is 0 Å². The standard InChI is InChI=1S/C5H9.ClH.Mn/c1-3-5-4-2;;/h1,3H,4-5H2,2H3;1H;/q-1;;+2/p-1. The number of rotatable bonds is 2. The summed E-state index contributed by atoms with van der Waals surface area (Å²) in [6.07, 6.45) is 3.89. The summed E-state index contributed by atoms with van der Waals surface area (Å²) in [5.74, 6) is 0. The maximum atomic E-state index is 5.01. The van der Waals surface area contributed by atoms with Crippen LogP contribution in [0.4, 0.5) is 0 Å². The van der Waals surface area contributed by atoms with Gasteiger partial charge in [-0.1, -0.05) is 19.8 Å². The van der Waals surface area contributed by atoms with E-state index >= 15 is 0 Å². The van der Waals surface area contributed by atoms with Crippen molar-refractivity contribution < 1.29 is 15.1 Å². The summed E-state index contributed by atoms with van der Waals surface area (Å²) in [5.41, 5.74) is 0. The molecule has 43 valence electrons. The van der Waals surface area contributed by atoms with E-state index in [4.69, 9.17) is 6.58 Å². The molecule has 0 aromatic heterocycles. The second-order valence-corrected chi connectivity index (χ2v) is 1.02. The molecular formula is C5H9ClMn. The van der Waals surface area contributed by atoms with E-state index in [2.05, 4.69) is 32.1 Å². The normalized spacial score (nSPS) is 6.00. The van der Waals surface area contributed by atoms with Gasteiger partial charge in [0.15, 0.2) is 0 Å². The minimum absolute atomic E-state index is 1.04. The van der Waals surface area contributed by atoms with Crippen molar-refractivity contribution in [3.05, 3.63) is 12.7 Å². The Morgan fingerprint density at radius 1 is 1.71 bits per heavy atom. The van der Waals surface area contributed by atoms with Crippen LogP contribution < -0.4 is 0 Å². The fourth-order valence-electron chi connectivity index (χ4n) is 0.167. The van der Waals surface area contributed by atoms with Gasteiger partial charge in [-0.05, 0) is 0 Å². The van der Waals surface area contributed by atoms with Gasteiger partial charge in [0.2, 0.25) is 0 Å². The first-order chi connectivity index (χ1) is 3.41. The van der Waals surface area contributed by atoms with Crippen molar-refractivity contribution in [2.45, 2.75) is 19.8 Å². The number of hydrogen-bond donors (Lipinski definition) is 0. The van der Waals surface area contributed by atoms with E-state index in [0.29, 0.717) is 0 Å². The third kappa shape index (κ3) is 20.9. The average molecular weight is 160 g/mol. The van der Waals surface area contributed by atoms with Crippen molar-refractivity contribution in [3.63, 3.8) is 0 Å². The summed E-state index contributed by atoms with van der Waals surface area (Å²) < 4.78 is 0. The summed E-state index contributed by atoms with van der Waals surface area (Å²) in [6, 6.07) is 0. The van der Waals surface area contributed by atoms with Gasteiger partial charge in [0.25, 0.3) is 0 Å². The molecule has 0 unspecified atom stereocenters. The molecule has 0 aromatic carbocycles. The molecule has 0 fully saturated rings. The first kappa shape index (κ1) is 10.5. The molecule has 0 aliphatic heterocycles. The second kappa shape index (κ2) is 16.0. The van der Waals surface area contributed by atoms with Gasteiger partial charge in [-0.15, -0.1) is 0 Å². The second-order valence-electron chi connectivity index (χ2n) is 1.02. The zero-order chi connectivity index (χ0) is 6.12. The number of unbranched alkanes of at least 4 members (excludes halogenated alkanes) is 1. The van der Waals surface area contributed by atoms with Crippen LogP contribution in [0.5, 0.6) is 0 Å². The zero-order valence-electron chi connectivity index (χ0n) is 4.32. The van der Waals surface area contributed by atoms with Crippen molar-refractivity contribution >= 4 is 10.1 Å². The average Bonchev–Trinajstić information content (AvgIpc) is 1.75. The summed E-state index contributed by atoms with van der Waals surface area (Å²) in [4.78, 5) is 0. The van der Waals surface area contributed by atoms with Crippen molar-refractivity contribution in [2.24, 2.45) is 0 Å². The molecular weight excluding hydrogens is 150 g/mol. The van der Waals surface area contributed by atoms with Gasteiger partial charge in [-0.3, -0.25) is 6.08 Å². The molecule has 0 atom stereocenters. The Labute approximate surface area is 58.0 Å². The molecule has 0 nitrogen and oxygen atoms in total. The molecule has 0 saturated heterocycles. The Bertz CT molecular complexity index is 29.3. The van der Waals surface area contributed by atoms with Gasteiger partial charge in [-0.25, -0.2) is 0 Å². The van der Waals surface area contributed by atoms with E-state index in [1.54, 1.807) is 6.08 Å². The molecule has 0 bridgehead atoms. The van der Waals surface area contributed by atoms with Crippen molar-refractivity contribution in [3.8, 4) is 0 Å². The Morgan fingerprint density at radius 2 is 2.14 bits per heavy atom. The van der Waals surface area contributed by atoms with Gasteiger partial charge in [0, 0.05) is 0 Å². The van der Waals surface area contributed by atoms with Gasteiger partial charge >= 0.3 is 25.2 Å². The Hall–Kier alpha value is 0.549. The molecule has 7 heavy (non-hydrogen) atoms. The molecule has 0 aromatic rings. The van der Waals surface area contributed by atoms with E-state index in [-0.39, 0.29) is 0 Å². The summed E-state index contributed by atoms with van der Waals surface area (Å²) in [7, 11) is 4.45. The third-order valence-electron chi connectivity index (χ3n) is 0.455. The molecule has 0 spiro atoms. The predicted molar refractivity (Wildman–Crippen MR) is 29.6 cm³/mol. The molecule has 2 heteroatoms. The van der Waals surface area contributed by atoms with Gasteiger partial charge < -0.3 is 6.58 Å². The maximum absolute atomic E-state index is 5.01. The summed E-state index contributed by atoms with van der Waals surface area (Å²) in [6.45, 7) is 7.11. The van der Waals surface area contributed by atoms with E-state index in [1.807, 2.05) is 0 Å². The quantitative estimate of drug-likeness (QED) is 0.429. The first-order valence-corrected chi connectivity index (χ1v) is 3.72. The number of allylic oxidation sites excluding steroid dienone is 1. The first-order valence-electron chi connectivity index (χ1n) is 2.09. The summed E-state index contributed by atoms with van der Waals surface area (Å²) >= 11 is 2.41. The number of hydrogen-bond acceptors (Lipinski definition) is 0. The molecule has 0 saturated carbocycles. The topological polar surface area (TPSA) is 0 Å². The van der Waals surface area contributed by atoms with Crippen molar-refractivity contribution in [1.29, 1.82) is 0 Å². The van der Waals surface area contributed by atoms with Gasteiger partial charge in [0.1, 0.15) is 0 Å². The van der Waals surface area contributed by atoms with Crippen LogP contribution >= 0.6 is 10.1 Å². The van der Waals surface area contributed by atoms with Crippen molar-refractivity contribution in [2.75, 3.05) is 0 Å². The molecule has 0 N–H and O–H groups in total. The van der Waals surface area contributed by atoms with Crippen LogP contribution in [0.2, 0.25) is 0 Å². The molecule has 0 radical (unpaired) electrons. The monoisotopic (exact) mass is 159 g/mol. The van der Waals surface area contributed by atoms with Crippen LogP contribution in [-0.2, 0) is 15.1 Å². The fourth-order valence-corrected chi connectivity index (χ4v) is 0.167. The van der Waals surface area contributed by atoms with Crippen molar-refractivity contribution in [1.82, 2.24) is 0 Å².